The highest BCUT2D eigenvalue weighted by Gasteiger charge is 2.22. The third kappa shape index (κ3) is 7.66. The van der Waals surface area contributed by atoms with Crippen molar-refractivity contribution in [3.8, 4) is 11.5 Å². The summed E-state index contributed by atoms with van der Waals surface area (Å²) in [5.41, 5.74) is 2.70. The van der Waals surface area contributed by atoms with Crippen LogP contribution in [-0.2, 0) is 16.0 Å². The molecule has 0 fully saturated rings. The van der Waals surface area contributed by atoms with Gasteiger partial charge in [0.05, 0.1) is 23.1 Å². The predicted octanol–water partition coefficient (Wildman–Crippen LogP) is 8.04. The van der Waals surface area contributed by atoms with Crippen molar-refractivity contribution in [2.45, 2.75) is 39.7 Å². The van der Waals surface area contributed by atoms with Crippen LogP contribution in [0.5, 0.6) is 11.5 Å². The van der Waals surface area contributed by atoms with Crippen LogP contribution in [0.4, 0.5) is 8.78 Å². The highest BCUT2D eigenvalue weighted by Crippen LogP contribution is 2.35. The average Bonchev–Trinajstić information content (AvgIpc) is 2.85. The quantitative estimate of drug-likeness (QED) is 0.189. The highest BCUT2D eigenvalue weighted by atomic mass is 35.5. The largest absolute Gasteiger partial charge is 0.493 e. The lowest BCUT2D eigenvalue weighted by Gasteiger charge is -2.17. The molecule has 0 spiro atoms. The lowest BCUT2D eigenvalue weighted by molar-refractivity contribution is -0.137. The Bertz CT molecular complexity index is 1240. The lowest BCUT2D eigenvalue weighted by Crippen LogP contribution is -2.13. The number of aromatic nitrogens is 1. The predicted molar refractivity (Wildman–Crippen MR) is 141 cm³/mol. The monoisotopic (exact) mass is 549 g/mol. The van der Waals surface area contributed by atoms with E-state index >= 15 is 0 Å². The number of hydrogen-bond donors (Lipinski definition) is 0. The van der Waals surface area contributed by atoms with Gasteiger partial charge in [0.2, 0.25) is 0 Å². The molecule has 5 nitrogen and oxygen atoms in total. The molecule has 37 heavy (non-hydrogen) atoms. The zero-order valence-corrected chi connectivity index (χ0v) is 22.3. The van der Waals surface area contributed by atoms with E-state index in [2.05, 4.69) is 23.6 Å². The number of esters is 1. The molecular weight excluding hydrogens is 523 g/mol. The minimum absolute atomic E-state index is 0.0282. The van der Waals surface area contributed by atoms with Gasteiger partial charge in [0, 0.05) is 23.5 Å². The first-order chi connectivity index (χ1) is 17.6. The van der Waals surface area contributed by atoms with Gasteiger partial charge >= 0.3 is 12.6 Å². The summed E-state index contributed by atoms with van der Waals surface area (Å²) in [6.45, 7) is 2.99. The van der Waals surface area contributed by atoms with Gasteiger partial charge in [-0.3, -0.25) is 9.78 Å². The van der Waals surface area contributed by atoms with Crippen molar-refractivity contribution < 1.29 is 27.8 Å². The second kappa shape index (κ2) is 12.9. The number of ether oxygens (including phenoxy) is 3. The van der Waals surface area contributed by atoms with Crippen LogP contribution in [0.15, 0.2) is 54.9 Å². The third-order valence-electron chi connectivity index (χ3n) is 5.52. The summed E-state index contributed by atoms with van der Waals surface area (Å²) >= 11 is 12.6. The van der Waals surface area contributed by atoms with E-state index in [0.29, 0.717) is 17.0 Å². The second-order valence-corrected chi connectivity index (χ2v) is 9.57. The minimum atomic E-state index is -3.03. The maximum atomic E-state index is 13.2. The van der Waals surface area contributed by atoms with Gasteiger partial charge in [-0.05, 0) is 54.7 Å². The fourth-order valence-corrected chi connectivity index (χ4v) is 4.10. The first-order valence-electron chi connectivity index (χ1n) is 11.5. The normalized spacial score (nSPS) is 12.5. The number of pyridine rings is 1. The molecule has 0 aliphatic heterocycles. The maximum absolute atomic E-state index is 13.2. The molecule has 0 bridgehead atoms. The van der Waals surface area contributed by atoms with Crippen molar-refractivity contribution in [3.05, 3.63) is 87.2 Å². The van der Waals surface area contributed by atoms with E-state index in [1.165, 1.54) is 49.3 Å². The minimum Gasteiger partial charge on any atom is -0.493 e. The Kier molecular flexibility index (Phi) is 9.89. The first kappa shape index (κ1) is 28.4. The zero-order valence-electron chi connectivity index (χ0n) is 20.8. The van der Waals surface area contributed by atoms with Crippen LogP contribution >= 0.6 is 23.2 Å². The van der Waals surface area contributed by atoms with Crippen LogP contribution in [0.25, 0.3) is 11.8 Å². The first-order valence-corrected chi connectivity index (χ1v) is 12.3. The van der Waals surface area contributed by atoms with E-state index in [9.17, 15) is 13.6 Å². The van der Waals surface area contributed by atoms with E-state index in [0.717, 1.165) is 12.0 Å². The van der Waals surface area contributed by atoms with Crippen LogP contribution in [0, 0.1) is 5.92 Å². The molecule has 9 heteroatoms. The van der Waals surface area contributed by atoms with Crippen LogP contribution in [-0.4, -0.2) is 24.7 Å². The van der Waals surface area contributed by atoms with E-state index < -0.39 is 18.5 Å². The Morgan fingerprint density at radius 1 is 1.00 bits per heavy atom. The molecule has 0 N–H and O–H groups in total. The number of methoxy groups -OCH3 is 1. The number of carbonyl (C=O) groups excluding carboxylic acids is 1. The molecule has 0 aliphatic rings. The molecule has 0 radical (unpaired) electrons. The summed E-state index contributed by atoms with van der Waals surface area (Å²) < 4.78 is 41.1. The van der Waals surface area contributed by atoms with Crippen molar-refractivity contribution >= 4 is 41.0 Å². The highest BCUT2D eigenvalue weighted by molar-refractivity contribution is 6.37. The summed E-state index contributed by atoms with van der Waals surface area (Å²) in [5, 5.41) is 0.471. The number of halogens is 4. The van der Waals surface area contributed by atoms with Crippen LogP contribution in [0.3, 0.4) is 0 Å². The Hall–Kier alpha value is -3.16. The van der Waals surface area contributed by atoms with E-state index in [-0.39, 0.29) is 27.3 Å². The van der Waals surface area contributed by atoms with Crippen molar-refractivity contribution in [1.82, 2.24) is 4.98 Å². The summed E-state index contributed by atoms with van der Waals surface area (Å²) in [6, 6.07) is 12.0. The lowest BCUT2D eigenvalue weighted by atomic mass is 9.97. The Labute approximate surface area is 225 Å². The van der Waals surface area contributed by atoms with Gasteiger partial charge in [-0.1, -0.05) is 61.3 Å². The standard InChI is InChI=1S/C28H27Cl2F2NO4/c1-16(2)11-18-5-7-19(8-6-18)17(3)27(34)36-25(13-21-22(29)14-33-15-23(21)30)20-9-10-24(37-28(31)32)26(12-20)35-4/h5-10,12-17,28H,11H2,1-4H3/b25-13-/t17-/m0/s1. The summed E-state index contributed by atoms with van der Waals surface area (Å²) in [7, 11) is 1.31. The summed E-state index contributed by atoms with van der Waals surface area (Å²) in [5.74, 6) is -0.658. The van der Waals surface area contributed by atoms with Gasteiger partial charge < -0.3 is 14.2 Å². The van der Waals surface area contributed by atoms with Crippen LogP contribution in [0.2, 0.25) is 10.0 Å². The van der Waals surface area contributed by atoms with Gasteiger partial charge in [0.1, 0.15) is 5.76 Å². The van der Waals surface area contributed by atoms with Crippen molar-refractivity contribution in [3.63, 3.8) is 0 Å². The van der Waals surface area contributed by atoms with Gasteiger partial charge in [-0.2, -0.15) is 8.78 Å². The molecule has 0 saturated heterocycles. The van der Waals surface area contributed by atoms with Gasteiger partial charge in [0.25, 0.3) is 0 Å². The maximum Gasteiger partial charge on any atom is 0.387 e. The van der Waals surface area contributed by atoms with E-state index in [1.54, 1.807) is 6.92 Å². The second-order valence-electron chi connectivity index (χ2n) is 8.75. The zero-order chi connectivity index (χ0) is 27.1. The number of alkyl halides is 2. The van der Waals surface area contributed by atoms with E-state index in [4.69, 9.17) is 32.7 Å². The van der Waals surface area contributed by atoms with E-state index in [1.807, 2.05) is 24.3 Å². The van der Waals surface area contributed by atoms with Gasteiger partial charge in [-0.15, -0.1) is 0 Å². The average molecular weight is 550 g/mol. The van der Waals surface area contributed by atoms with Gasteiger partial charge in [-0.25, -0.2) is 0 Å². The molecule has 0 amide bonds. The number of hydrogen-bond acceptors (Lipinski definition) is 5. The Balaban J connectivity index is 1.98. The smallest absolute Gasteiger partial charge is 0.387 e. The number of rotatable bonds is 10. The third-order valence-corrected chi connectivity index (χ3v) is 6.12. The molecule has 1 atom stereocenters. The van der Waals surface area contributed by atoms with Crippen LogP contribution < -0.4 is 9.47 Å². The Morgan fingerprint density at radius 3 is 2.22 bits per heavy atom. The molecule has 3 aromatic rings. The molecule has 0 aliphatic carbocycles. The SMILES string of the molecule is COc1cc(/C(=C/c2c(Cl)cncc2Cl)OC(=O)[C@@H](C)c2ccc(CC(C)C)cc2)ccc1OC(F)F. The molecule has 1 aromatic heterocycles. The van der Waals surface area contributed by atoms with Crippen molar-refractivity contribution in [2.24, 2.45) is 5.92 Å². The van der Waals surface area contributed by atoms with Crippen molar-refractivity contribution in [1.29, 1.82) is 0 Å². The van der Waals surface area contributed by atoms with Crippen LogP contribution in [0.1, 0.15) is 48.9 Å². The number of nitrogens with zero attached hydrogens (tertiary/aromatic N) is 1. The summed E-state index contributed by atoms with van der Waals surface area (Å²) in [4.78, 5) is 17.2. The molecule has 196 valence electrons. The molecular formula is C28H27Cl2F2NO4. The number of benzene rings is 2. The fourth-order valence-electron chi connectivity index (χ4n) is 3.62. The summed E-state index contributed by atoms with van der Waals surface area (Å²) in [6.07, 6.45) is 5.23. The molecule has 3 rings (SSSR count). The fraction of sp³-hybridized carbons (Fsp3) is 0.286. The topological polar surface area (TPSA) is 57.7 Å². The molecule has 0 saturated carbocycles. The molecule has 0 unspecified atom stereocenters. The molecule has 2 aromatic carbocycles. The number of carbonyl (C=O) groups is 1. The van der Waals surface area contributed by atoms with Gasteiger partial charge in [0.15, 0.2) is 11.5 Å². The molecule has 1 heterocycles. The van der Waals surface area contributed by atoms with Crippen molar-refractivity contribution in [2.75, 3.05) is 7.11 Å². The Morgan fingerprint density at radius 2 is 1.65 bits per heavy atom.